The van der Waals surface area contributed by atoms with Crippen LogP contribution in [0, 0.1) is 6.92 Å². The van der Waals surface area contributed by atoms with E-state index < -0.39 is 20.5 Å². The molecule has 0 bridgehead atoms. The van der Waals surface area contributed by atoms with Crippen LogP contribution < -0.4 is 5.32 Å². The molecule has 0 aliphatic rings. The average Bonchev–Trinajstić information content (AvgIpc) is 2.29. The van der Waals surface area contributed by atoms with Gasteiger partial charge in [0.15, 0.2) is 0 Å². The predicted octanol–water partition coefficient (Wildman–Crippen LogP) is 2.73. The molecule has 118 valence electrons. The monoisotopic (exact) mass is 353 g/mol. The quantitative estimate of drug-likeness (QED) is 0.826. The van der Waals surface area contributed by atoms with Crippen LogP contribution in [-0.4, -0.2) is 33.6 Å². The number of nitrogens with one attached hydrogen (secondary N) is 1. The molecule has 21 heavy (non-hydrogen) atoms. The molecule has 1 aromatic rings. The van der Waals surface area contributed by atoms with Gasteiger partial charge in [0.2, 0.25) is 0 Å². The number of ether oxygens (including phenoxy) is 1. The van der Waals surface area contributed by atoms with Crippen molar-refractivity contribution < 1.29 is 17.9 Å². The number of hydrogen-bond acceptors (Lipinski definition) is 4. The van der Waals surface area contributed by atoms with Crippen LogP contribution in [0.5, 0.6) is 0 Å². The molecule has 0 saturated carbocycles. The lowest BCUT2D eigenvalue weighted by Gasteiger charge is -2.25. The molecule has 0 heterocycles. The number of hydrogen-bond donors (Lipinski definition) is 1. The van der Waals surface area contributed by atoms with Crippen LogP contribution in [0.15, 0.2) is 17.0 Å². The van der Waals surface area contributed by atoms with E-state index in [1.54, 1.807) is 20.8 Å². The van der Waals surface area contributed by atoms with E-state index in [1.807, 2.05) is 0 Å². The smallest absolute Gasteiger partial charge is 0.262 e. The fraction of sp³-hybridized carbons (Fsp3) is 0.462. The van der Waals surface area contributed by atoms with E-state index >= 15 is 0 Å². The van der Waals surface area contributed by atoms with E-state index in [2.05, 4.69) is 5.32 Å². The van der Waals surface area contributed by atoms with Gasteiger partial charge in [0.1, 0.15) is 4.90 Å². The molecule has 0 aliphatic heterocycles. The maximum absolute atomic E-state index is 12.2. The third-order valence-corrected chi connectivity index (χ3v) is 4.66. The van der Waals surface area contributed by atoms with E-state index in [1.165, 1.54) is 13.2 Å². The Bertz CT molecular complexity index is 656. The van der Waals surface area contributed by atoms with E-state index in [0.29, 0.717) is 12.2 Å². The summed E-state index contributed by atoms with van der Waals surface area (Å²) in [5.74, 6) is -0.432. The summed E-state index contributed by atoms with van der Waals surface area (Å²) in [7, 11) is 2.83. The average molecular weight is 354 g/mol. The van der Waals surface area contributed by atoms with Crippen LogP contribution in [0.1, 0.15) is 29.8 Å². The summed E-state index contributed by atoms with van der Waals surface area (Å²) < 4.78 is 28.0. The molecule has 1 amide bonds. The summed E-state index contributed by atoms with van der Waals surface area (Å²) in [4.78, 5) is 12.0. The van der Waals surface area contributed by atoms with Crippen molar-refractivity contribution in [3.63, 3.8) is 0 Å². The summed E-state index contributed by atoms with van der Waals surface area (Å²) >= 11 is 5.92. The van der Waals surface area contributed by atoms with E-state index in [0.717, 1.165) is 6.07 Å². The predicted molar refractivity (Wildman–Crippen MR) is 82.6 cm³/mol. The Morgan fingerprint density at radius 2 is 1.95 bits per heavy atom. The summed E-state index contributed by atoms with van der Waals surface area (Å²) in [5.41, 5.74) is 0.0210. The van der Waals surface area contributed by atoms with Gasteiger partial charge < -0.3 is 10.1 Å². The zero-order valence-electron chi connectivity index (χ0n) is 12.2. The van der Waals surface area contributed by atoms with Crippen LogP contribution in [-0.2, 0) is 13.8 Å². The van der Waals surface area contributed by atoms with Crippen LogP contribution in [0.25, 0.3) is 0 Å². The van der Waals surface area contributed by atoms with E-state index in [-0.39, 0.29) is 15.5 Å². The van der Waals surface area contributed by atoms with Crippen LogP contribution in [0.4, 0.5) is 0 Å². The van der Waals surface area contributed by atoms with Gasteiger partial charge in [0, 0.05) is 23.4 Å². The Morgan fingerprint density at radius 1 is 1.38 bits per heavy atom. The lowest BCUT2D eigenvalue weighted by molar-refractivity contribution is 0.0819. The largest absolute Gasteiger partial charge is 0.382 e. The van der Waals surface area contributed by atoms with Gasteiger partial charge in [0.05, 0.1) is 17.2 Å². The van der Waals surface area contributed by atoms with Crippen molar-refractivity contribution >= 4 is 37.2 Å². The maximum Gasteiger partial charge on any atom is 0.262 e. The van der Waals surface area contributed by atoms with Gasteiger partial charge in [0.25, 0.3) is 15.0 Å². The highest BCUT2D eigenvalue weighted by atomic mass is 35.7. The molecule has 0 aromatic heterocycles. The highest BCUT2D eigenvalue weighted by Gasteiger charge is 2.24. The zero-order chi connectivity index (χ0) is 16.4. The molecule has 0 saturated heterocycles. The van der Waals surface area contributed by atoms with Gasteiger partial charge >= 0.3 is 0 Å². The lowest BCUT2D eigenvalue weighted by atomic mass is 10.1. The van der Waals surface area contributed by atoms with Gasteiger partial charge in [-0.1, -0.05) is 11.6 Å². The SMILES string of the molecule is COCC(C)(C)NC(=O)c1cc(C)c(Cl)c(S(=O)(=O)Cl)c1. The second-order valence-corrected chi connectivity index (χ2v) is 8.23. The molecule has 1 rings (SSSR count). The second kappa shape index (κ2) is 6.52. The first-order valence-electron chi connectivity index (χ1n) is 6.04. The molecular weight excluding hydrogens is 337 g/mol. The first-order valence-corrected chi connectivity index (χ1v) is 8.73. The van der Waals surface area contributed by atoms with Crippen molar-refractivity contribution in [3.8, 4) is 0 Å². The second-order valence-electron chi connectivity index (χ2n) is 5.31. The van der Waals surface area contributed by atoms with Crippen LogP contribution in [0.3, 0.4) is 0 Å². The number of methoxy groups -OCH3 is 1. The molecule has 0 radical (unpaired) electrons. The van der Waals surface area contributed by atoms with Gasteiger partial charge in [-0.15, -0.1) is 0 Å². The normalized spacial score (nSPS) is 12.3. The first kappa shape index (κ1) is 18.2. The van der Waals surface area contributed by atoms with Crippen molar-refractivity contribution in [2.45, 2.75) is 31.2 Å². The Balaban J connectivity index is 3.21. The Kier molecular flexibility index (Phi) is 5.66. The fourth-order valence-corrected chi connectivity index (χ4v) is 3.36. The van der Waals surface area contributed by atoms with Gasteiger partial charge in [-0.25, -0.2) is 8.42 Å². The molecule has 8 heteroatoms. The minimum Gasteiger partial charge on any atom is -0.382 e. The van der Waals surface area contributed by atoms with E-state index in [9.17, 15) is 13.2 Å². The molecule has 1 aromatic carbocycles. The lowest BCUT2D eigenvalue weighted by Crippen LogP contribution is -2.46. The first-order chi connectivity index (χ1) is 9.48. The van der Waals surface area contributed by atoms with Crippen molar-refractivity contribution in [1.82, 2.24) is 5.32 Å². The number of carbonyl (C=O) groups excluding carboxylic acids is 1. The summed E-state index contributed by atoms with van der Waals surface area (Å²) in [6.45, 7) is 5.49. The Labute approximate surface area is 134 Å². The number of carbonyl (C=O) groups is 1. The number of aryl methyl sites for hydroxylation is 1. The molecule has 0 unspecified atom stereocenters. The summed E-state index contributed by atoms with van der Waals surface area (Å²) in [6.07, 6.45) is 0. The van der Waals surface area contributed by atoms with Crippen molar-refractivity contribution in [1.29, 1.82) is 0 Å². The van der Waals surface area contributed by atoms with E-state index in [4.69, 9.17) is 27.0 Å². The molecule has 0 aliphatic carbocycles. The fourth-order valence-electron chi connectivity index (χ4n) is 1.82. The summed E-state index contributed by atoms with van der Waals surface area (Å²) in [6, 6.07) is 2.67. The third kappa shape index (κ3) is 4.85. The van der Waals surface area contributed by atoms with Crippen molar-refractivity contribution in [2.75, 3.05) is 13.7 Å². The van der Waals surface area contributed by atoms with Gasteiger partial charge in [-0.05, 0) is 38.5 Å². The zero-order valence-corrected chi connectivity index (χ0v) is 14.5. The Hall–Kier alpha value is -0.820. The number of rotatable bonds is 5. The standard InChI is InChI=1S/C13H17Cl2NO4S/c1-8-5-9(6-10(11(8)14)21(15,18)19)12(17)16-13(2,3)7-20-4/h5-6H,7H2,1-4H3,(H,16,17). The van der Waals surface area contributed by atoms with Gasteiger partial charge in [-0.3, -0.25) is 4.79 Å². The summed E-state index contributed by atoms with van der Waals surface area (Å²) in [5, 5.41) is 2.77. The molecule has 0 atom stereocenters. The van der Waals surface area contributed by atoms with Crippen LogP contribution in [0.2, 0.25) is 5.02 Å². The Morgan fingerprint density at radius 3 is 2.43 bits per heavy atom. The highest BCUT2D eigenvalue weighted by Crippen LogP contribution is 2.29. The number of benzene rings is 1. The molecular formula is C13H17Cl2NO4S. The molecule has 5 nitrogen and oxygen atoms in total. The van der Waals surface area contributed by atoms with Crippen LogP contribution >= 0.6 is 22.3 Å². The third-order valence-electron chi connectivity index (χ3n) is 2.70. The van der Waals surface area contributed by atoms with Gasteiger partial charge in [-0.2, -0.15) is 0 Å². The highest BCUT2D eigenvalue weighted by molar-refractivity contribution is 8.13. The minimum atomic E-state index is -4.03. The molecule has 1 N–H and O–H groups in total. The number of amides is 1. The van der Waals surface area contributed by atoms with Crippen molar-refractivity contribution in [2.24, 2.45) is 0 Å². The molecule has 0 spiro atoms. The number of halogens is 2. The minimum absolute atomic E-state index is 0.0118. The van der Waals surface area contributed by atoms with Crippen molar-refractivity contribution in [3.05, 3.63) is 28.3 Å². The maximum atomic E-state index is 12.2. The topological polar surface area (TPSA) is 72.5 Å². The molecule has 0 fully saturated rings.